The first-order chi connectivity index (χ1) is 14.1. The summed E-state index contributed by atoms with van der Waals surface area (Å²) in [4.78, 5) is 44.0. The molecule has 0 N–H and O–H groups in total. The molecule has 31 heavy (non-hydrogen) atoms. The zero-order valence-electron chi connectivity index (χ0n) is 19.0. The second-order valence-corrected chi connectivity index (χ2v) is 9.57. The topological polar surface area (TPSA) is 97.7 Å². The van der Waals surface area contributed by atoms with Gasteiger partial charge in [0.1, 0.15) is 16.9 Å². The molecule has 0 saturated carbocycles. The van der Waals surface area contributed by atoms with Gasteiger partial charge in [-0.05, 0) is 54.5 Å². The third-order valence-electron chi connectivity index (χ3n) is 4.07. The third kappa shape index (κ3) is 5.46. The lowest BCUT2D eigenvalue weighted by Crippen LogP contribution is -2.61. The predicted molar refractivity (Wildman–Crippen MR) is 115 cm³/mol. The van der Waals surface area contributed by atoms with Crippen molar-refractivity contribution in [2.45, 2.75) is 65.2 Å². The van der Waals surface area contributed by atoms with Crippen LogP contribution in [-0.4, -0.2) is 57.7 Å². The zero-order valence-corrected chi connectivity index (χ0v) is 19.7. The molecule has 2 amide bonds. The van der Waals surface area contributed by atoms with Gasteiger partial charge in [-0.3, -0.25) is 9.63 Å². The summed E-state index contributed by atoms with van der Waals surface area (Å²) in [6.07, 6.45) is -2.25. The number of hydrazone groups is 1. The Bertz CT molecular complexity index is 918. The lowest BCUT2D eigenvalue weighted by atomic mass is 9.90. The average Bonchev–Trinajstić information content (AvgIpc) is 2.82. The summed E-state index contributed by atoms with van der Waals surface area (Å²) in [7, 11) is 1.42. The van der Waals surface area contributed by atoms with Crippen molar-refractivity contribution >= 4 is 35.5 Å². The minimum absolute atomic E-state index is 0.111. The monoisotopic (exact) mass is 453 g/mol. The Balaban J connectivity index is 2.58. The number of likely N-dealkylation sites (N-methyl/N-ethyl adjacent to an activating group) is 1. The minimum Gasteiger partial charge on any atom is -0.442 e. The Morgan fingerprint density at radius 2 is 1.61 bits per heavy atom. The summed E-state index contributed by atoms with van der Waals surface area (Å²) in [6, 6.07) is 6.69. The molecule has 10 heteroatoms. The Hall–Kier alpha value is -2.81. The fourth-order valence-electron chi connectivity index (χ4n) is 2.82. The van der Waals surface area contributed by atoms with Crippen LogP contribution >= 0.6 is 11.6 Å². The van der Waals surface area contributed by atoms with Gasteiger partial charge in [-0.25, -0.2) is 14.6 Å². The van der Waals surface area contributed by atoms with Gasteiger partial charge < -0.3 is 9.47 Å². The number of nitrogens with zero attached hydrogens (tertiary/aromatic N) is 3. The van der Waals surface area contributed by atoms with E-state index >= 15 is 0 Å². The molecule has 0 spiro atoms. The molecule has 0 radical (unpaired) electrons. The highest BCUT2D eigenvalue weighted by Gasteiger charge is 2.57. The minimum atomic E-state index is -1.86. The normalized spacial score (nSPS) is 19.1. The van der Waals surface area contributed by atoms with E-state index in [1.807, 2.05) is 0 Å². The molecule has 1 unspecified atom stereocenters. The van der Waals surface area contributed by atoms with Crippen LogP contribution in [0.5, 0.6) is 0 Å². The molecule has 170 valence electrons. The summed E-state index contributed by atoms with van der Waals surface area (Å²) in [5.41, 5.74) is -3.18. The summed E-state index contributed by atoms with van der Waals surface area (Å²) < 4.78 is 10.6. The van der Waals surface area contributed by atoms with E-state index in [1.54, 1.807) is 65.8 Å². The highest BCUT2D eigenvalue weighted by molar-refractivity contribution is 6.36. The first kappa shape index (κ1) is 24.5. The number of ether oxygens (including phenoxy) is 2. The van der Waals surface area contributed by atoms with E-state index in [1.165, 1.54) is 14.0 Å². The molecular formula is C21H28ClN3O6. The molecule has 0 bridgehead atoms. The van der Waals surface area contributed by atoms with Crippen LogP contribution < -0.4 is 0 Å². The SMILES string of the molecule is CN1N=C(c2ccccc2Cl)C(C)(N(OC(=O)OC(C)(C)C)C(=O)OC(C)(C)C)C1=O. The average molecular weight is 454 g/mol. The smallest absolute Gasteiger partial charge is 0.442 e. The fraction of sp³-hybridized carbons (Fsp3) is 0.524. The van der Waals surface area contributed by atoms with Crippen LogP contribution in [0.25, 0.3) is 0 Å². The van der Waals surface area contributed by atoms with Gasteiger partial charge in [0.2, 0.25) is 5.54 Å². The lowest BCUT2D eigenvalue weighted by Gasteiger charge is -2.36. The van der Waals surface area contributed by atoms with E-state index in [9.17, 15) is 14.4 Å². The van der Waals surface area contributed by atoms with Crippen LogP contribution in [0, 0.1) is 0 Å². The Morgan fingerprint density at radius 1 is 1.06 bits per heavy atom. The molecule has 0 aromatic heterocycles. The molecule has 9 nitrogen and oxygen atoms in total. The Kier molecular flexibility index (Phi) is 6.61. The van der Waals surface area contributed by atoms with Crippen molar-refractivity contribution in [3.8, 4) is 0 Å². The summed E-state index contributed by atoms with van der Waals surface area (Å²) in [5, 5.41) is 6.18. The largest absolute Gasteiger partial charge is 0.534 e. The molecule has 0 saturated heterocycles. The van der Waals surface area contributed by atoms with Crippen molar-refractivity contribution in [3.63, 3.8) is 0 Å². The fourth-order valence-corrected chi connectivity index (χ4v) is 3.04. The van der Waals surface area contributed by atoms with Gasteiger partial charge in [-0.1, -0.05) is 29.8 Å². The first-order valence-corrected chi connectivity index (χ1v) is 10.0. The van der Waals surface area contributed by atoms with E-state index in [2.05, 4.69) is 5.10 Å². The van der Waals surface area contributed by atoms with Gasteiger partial charge >= 0.3 is 12.2 Å². The van der Waals surface area contributed by atoms with Crippen molar-refractivity contribution in [2.75, 3.05) is 7.05 Å². The van der Waals surface area contributed by atoms with Crippen LogP contribution in [0.15, 0.2) is 29.4 Å². The molecule has 1 aliphatic heterocycles. The third-order valence-corrected chi connectivity index (χ3v) is 4.40. The second-order valence-electron chi connectivity index (χ2n) is 9.16. The second kappa shape index (κ2) is 8.37. The molecule has 1 aliphatic rings. The van der Waals surface area contributed by atoms with E-state index in [0.717, 1.165) is 5.01 Å². The Morgan fingerprint density at radius 3 is 2.13 bits per heavy atom. The van der Waals surface area contributed by atoms with Crippen molar-refractivity contribution in [3.05, 3.63) is 34.9 Å². The standard InChI is InChI=1S/C21H28ClN3O6/c1-19(2,3)29-17(27)25(31-18(28)30-20(4,5)6)21(7)15(23-24(8)16(21)26)13-11-9-10-12-14(13)22/h9-12H,1-8H3. The number of halogens is 1. The van der Waals surface area contributed by atoms with Gasteiger partial charge in [-0.2, -0.15) is 5.10 Å². The van der Waals surface area contributed by atoms with Gasteiger partial charge in [0.15, 0.2) is 0 Å². The van der Waals surface area contributed by atoms with Crippen LogP contribution in [0.1, 0.15) is 54.0 Å². The van der Waals surface area contributed by atoms with Crippen molar-refractivity contribution in [2.24, 2.45) is 5.10 Å². The van der Waals surface area contributed by atoms with Gasteiger partial charge in [0.05, 0.1) is 0 Å². The van der Waals surface area contributed by atoms with E-state index < -0.39 is 34.9 Å². The molecule has 0 aliphatic carbocycles. The molecule has 0 fully saturated rings. The number of hydroxylamine groups is 2. The molecule has 1 aromatic carbocycles. The molecular weight excluding hydrogens is 426 g/mol. The maximum Gasteiger partial charge on any atom is 0.534 e. The van der Waals surface area contributed by atoms with E-state index in [4.69, 9.17) is 25.9 Å². The summed E-state index contributed by atoms with van der Waals surface area (Å²) >= 11 is 6.33. The molecule has 1 aromatic rings. The maximum atomic E-state index is 13.2. The number of carbonyl (C=O) groups excluding carboxylic acids is 3. The lowest BCUT2D eigenvalue weighted by molar-refractivity contribution is -0.176. The highest BCUT2D eigenvalue weighted by atomic mass is 35.5. The van der Waals surface area contributed by atoms with Crippen LogP contribution in [0.3, 0.4) is 0 Å². The number of amides is 2. The Labute approximate surface area is 186 Å². The van der Waals surface area contributed by atoms with Crippen LogP contribution in [-0.2, 0) is 19.1 Å². The number of benzene rings is 1. The quantitative estimate of drug-likeness (QED) is 0.487. The highest BCUT2D eigenvalue weighted by Crippen LogP contribution is 2.34. The maximum absolute atomic E-state index is 13.2. The number of hydrogen-bond donors (Lipinski definition) is 0. The number of carbonyl (C=O) groups is 3. The van der Waals surface area contributed by atoms with Crippen molar-refractivity contribution in [1.82, 2.24) is 10.1 Å². The van der Waals surface area contributed by atoms with E-state index in [0.29, 0.717) is 15.6 Å². The number of rotatable bonds is 2. The van der Waals surface area contributed by atoms with Crippen molar-refractivity contribution < 1.29 is 28.7 Å². The van der Waals surface area contributed by atoms with Gasteiger partial charge in [-0.15, -0.1) is 5.06 Å². The summed E-state index contributed by atoms with van der Waals surface area (Å²) in [6.45, 7) is 11.2. The summed E-state index contributed by atoms with van der Waals surface area (Å²) in [5.74, 6) is -0.628. The molecule has 2 rings (SSSR count). The van der Waals surface area contributed by atoms with Crippen molar-refractivity contribution in [1.29, 1.82) is 0 Å². The van der Waals surface area contributed by atoms with Crippen LogP contribution in [0.2, 0.25) is 5.02 Å². The van der Waals surface area contributed by atoms with Gasteiger partial charge in [0.25, 0.3) is 5.91 Å². The first-order valence-electron chi connectivity index (χ1n) is 9.62. The molecule has 1 atom stereocenters. The number of hydrogen-bond acceptors (Lipinski definition) is 7. The van der Waals surface area contributed by atoms with E-state index in [-0.39, 0.29) is 5.71 Å². The van der Waals surface area contributed by atoms with Gasteiger partial charge in [0, 0.05) is 17.6 Å². The zero-order chi connectivity index (χ0) is 23.8. The molecule has 1 heterocycles. The van der Waals surface area contributed by atoms with Crippen LogP contribution in [0.4, 0.5) is 9.59 Å². The predicted octanol–water partition coefficient (Wildman–Crippen LogP) is 4.38.